The van der Waals surface area contributed by atoms with Crippen LogP contribution in [-0.4, -0.2) is 34.7 Å². The van der Waals surface area contributed by atoms with Gasteiger partial charge in [-0.2, -0.15) is 10.2 Å². The van der Waals surface area contributed by atoms with Gasteiger partial charge in [0, 0.05) is 16.7 Å². The topological polar surface area (TPSA) is 96.4 Å². The molecule has 0 fully saturated rings. The van der Waals surface area contributed by atoms with Crippen molar-refractivity contribution in [1.29, 1.82) is 0 Å². The fourth-order valence-electron chi connectivity index (χ4n) is 3.08. The summed E-state index contributed by atoms with van der Waals surface area (Å²) < 4.78 is 5.16. The van der Waals surface area contributed by atoms with Crippen LogP contribution in [0.5, 0.6) is 5.75 Å². The van der Waals surface area contributed by atoms with Crippen LogP contribution in [0.4, 0.5) is 0 Å². The molecule has 0 unspecified atom stereocenters. The molecule has 0 spiro atoms. The molecule has 0 bridgehead atoms. The summed E-state index contributed by atoms with van der Waals surface area (Å²) in [7, 11) is 1.60. The largest absolute Gasteiger partial charge is 0.497 e. The van der Waals surface area contributed by atoms with Crippen molar-refractivity contribution in [2.24, 2.45) is 5.10 Å². The van der Waals surface area contributed by atoms with Gasteiger partial charge in [0.05, 0.1) is 12.8 Å². The lowest BCUT2D eigenvalue weighted by molar-refractivity contribution is 0.0950. The van der Waals surface area contributed by atoms with Crippen molar-refractivity contribution in [3.63, 3.8) is 0 Å². The van der Waals surface area contributed by atoms with E-state index in [2.05, 4.69) is 20.7 Å². The van der Waals surface area contributed by atoms with Crippen LogP contribution in [0.2, 0.25) is 0 Å². The van der Waals surface area contributed by atoms with Crippen LogP contribution in [-0.2, 0) is 0 Å². The highest BCUT2D eigenvalue weighted by Crippen LogP contribution is 2.21. The molecule has 0 saturated heterocycles. The fraction of sp³-hybridized carbons (Fsp3) is 0.0400. The standard InChI is InChI=1S/C25H20N4O3/c1-32-20-14-12-17(13-15-20)21-16-22(27-26-21)25(31)29-28-23(18-8-4-2-5-9-18)24(30)19-10-6-3-7-11-19/h2-16H,1H3,(H,26,27)(H,29,31)/b28-23+. The number of methoxy groups -OCH3 is 1. The lowest BCUT2D eigenvalue weighted by Gasteiger charge is -2.06. The molecular formula is C25H20N4O3. The van der Waals surface area contributed by atoms with Gasteiger partial charge in [0.2, 0.25) is 5.78 Å². The first-order chi connectivity index (χ1) is 15.7. The molecule has 7 heteroatoms. The fourth-order valence-corrected chi connectivity index (χ4v) is 3.08. The number of nitrogens with one attached hydrogen (secondary N) is 2. The van der Waals surface area contributed by atoms with Crippen molar-refractivity contribution in [2.75, 3.05) is 7.11 Å². The van der Waals surface area contributed by atoms with Gasteiger partial charge in [-0.1, -0.05) is 60.7 Å². The molecule has 0 atom stereocenters. The normalized spacial score (nSPS) is 11.1. The van der Waals surface area contributed by atoms with E-state index in [1.54, 1.807) is 61.7 Å². The minimum atomic E-state index is -0.508. The number of ether oxygens (including phenoxy) is 1. The molecule has 158 valence electrons. The van der Waals surface area contributed by atoms with Gasteiger partial charge in [0.15, 0.2) is 0 Å². The molecule has 0 radical (unpaired) electrons. The third-order valence-corrected chi connectivity index (χ3v) is 4.78. The maximum Gasteiger partial charge on any atom is 0.289 e. The molecule has 7 nitrogen and oxygen atoms in total. The number of H-pyrrole nitrogens is 1. The van der Waals surface area contributed by atoms with Crippen LogP contribution >= 0.6 is 0 Å². The van der Waals surface area contributed by atoms with Crippen molar-refractivity contribution < 1.29 is 14.3 Å². The molecule has 4 rings (SSSR count). The Balaban J connectivity index is 1.57. The number of aromatic nitrogens is 2. The van der Waals surface area contributed by atoms with E-state index in [1.807, 2.05) is 36.4 Å². The predicted molar refractivity (Wildman–Crippen MR) is 122 cm³/mol. The average molecular weight is 424 g/mol. The Morgan fingerprint density at radius 2 is 1.50 bits per heavy atom. The van der Waals surface area contributed by atoms with Crippen LogP contribution in [0, 0.1) is 0 Å². The van der Waals surface area contributed by atoms with Crippen LogP contribution < -0.4 is 10.2 Å². The van der Waals surface area contributed by atoms with E-state index >= 15 is 0 Å². The first-order valence-corrected chi connectivity index (χ1v) is 9.89. The van der Waals surface area contributed by atoms with E-state index in [-0.39, 0.29) is 17.2 Å². The highest BCUT2D eigenvalue weighted by atomic mass is 16.5. The lowest BCUT2D eigenvalue weighted by atomic mass is 10.0. The van der Waals surface area contributed by atoms with E-state index in [4.69, 9.17) is 4.74 Å². The van der Waals surface area contributed by atoms with Crippen molar-refractivity contribution in [3.05, 3.63) is 108 Å². The summed E-state index contributed by atoms with van der Waals surface area (Å²) in [5.41, 5.74) is 5.34. The average Bonchev–Trinajstić information content (AvgIpc) is 3.36. The second-order valence-electron chi connectivity index (χ2n) is 6.86. The number of carbonyl (C=O) groups excluding carboxylic acids is 2. The van der Waals surface area contributed by atoms with E-state index in [0.717, 1.165) is 11.3 Å². The molecule has 1 heterocycles. The number of rotatable bonds is 7. The smallest absolute Gasteiger partial charge is 0.289 e. The van der Waals surface area contributed by atoms with E-state index < -0.39 is 5.91 Å². The van der Waals surface area contributed by atoms with Crippen LogP contribution in [0.25, 0.3) is 11.3 Å². The molecule has 4 aromatic rings. The maximum absolute atomic E-state index is 13.0. The Bertz CT molecular complexity index is 1250. The number of amides is 1. The summed E-state index contributed by atoms with van der Waals surface area (Å²) in [5.74, 6) is -0.0692. The highest BCUT2D eigenvalue weighted by molar-refractivity contribution is 6.51. The Morgan fingerprint density at radius 3 is 2.12 bits per heavy atom. The monoisotopic (exact) mass is 424 g/mol. The minimum absolute atomic E-state index is 0.139. The van der Waals surface area contributed by atoms with Gasteiger partial charge in [0.1, 0.15) is 17.2 Å². The zero-order valence-corrected chi connectivity index (χ0v) is 17.3. The minimum Gasteiger partial charge on any atom is -0.497 e. The predicted octanol–water partition coefficient (Wildman–Crippen LogP) is 4.10. The van der Waals surface area contributed by atoms with Gasteiger partial charge in [0.25, 0.3) is 5.91 Å². The van der Waals surface area contributed by atoms with Gasteiger partial charge >= 0.3 is 0 Å². The molecule has 3 aromatic carbocycles. The Morgan fingerprint density at radius 1 is 0.875 bits per heavy atom. The van der Waals surface area contributed by atoms with Crippen LogP contribution in [0.1, 0.15) is 26.4 Å². The van der Waals surface area contributed by atoms with Gasteiger partial charge in [-0.15, -0.1) is 0 Å². The molecule has 0 aliphatic carbocycles. The van der Waals surface area contributed by atoms with E-state index in [0.29, 0.717) is 16.8 Å². The number of carbonyl (C=O) groups is 2. The summed E-state index contributed by atoms with van der Waals surface area (Å²) >= 11 is 0. The third kappa shape index (κ3) is 4.62. The van der Waals surface area contributed by atoms with Gasteiger partial charge in [-0.25, -0.2) is 5.43 Å². The summed E-state index contributed by atoms with van der Waals surface area (Å²) in [6.45, 7) is 0. The number of hydrogen-bond donors (Lipinski definition) is 2. The molecule has 32 heavy (non-hydrogen) atoms. The summed E-state index contributed by atoms with van der Waals surface area (Å²) in [6, 6.07) is 26.7. The molecule has 1 amide bonds. The van der Waals surface area contributed by atoms with E-state index in [1.165, 1.54) is 0 Å². The first-order valence-electron chi connectivity index (χ1n) is 9.89. The molecule has 2 N–H and O–H groups in total. The SMILES string of the molecule is COc1ccc(-c2cc(C(=O)N/N=C(/C(=O)c3ccccc3)c3ccccc3)[nH]n2)cc1. The van der Waals surface area contributed by atoms with Crippen molar-refractivity contribution >= 4 is 17.4 Å². The number of aromatic amines is 1. The van der Waals surface area contributed by atoms with Crippen molar-refractivity contribution in [1.82, 2.24) is 15.6 Å². The van der Waals surface area contributed by atoms with E-state index in [9.17, 15) is 9.59 Å². The summed E-state index contributed by atoms with van der Waals surface area (Å²) in [4.78, 5) is 25.7. The number of Topliss-reactive ketones (excluding diaryl/α,β-unsaturated/α-hetero) is 1. The zero-order chi connectivity index (χ0) is 22.3. The third-order valence-electron chi connectivity index (χ3n) is 4.78. The molecular weight excluding hydrogens is 404 g/mol. The molecule has 0 aliphatic rings. The van der Waals surface area contributed by atoms with Gasteiger partial charge in [-0.05, 0) is 30.3 Å². The number of ketones is 1. The second-order valence-corrected chi connectivity index (χ2v) is 6.86. The van der Waals surface area contributed by atoms with Crippen LogP contribution in [0.3, 0.4) is 0 Å². The Kier molecular flexibility index (Phi) is 6.17. The molecule has 0 saturated carbocycles. The summed E-state index contributed by atoms with van der Waals surface area (Å²) in [5, 5.41) is 11.1. The first kappa shape index (κ1) is 20.7. The quantitative estimate of drug-likeness (QED) is 0.265. The highest BCUT2D eigenvalue weighted by Gasteiger charge is 2.18. The maximum atomic E-state index is 13.0. The van der Waals surface area contributed by atoms with Crippen LogP contribution in [0.15, 0.2) is 96.1 Å². The van der Waals surface area contributed by atoms with Gasteiger partial charge in [-0.3, -0.25) is 14.7 Å². The number of benzene rings is 3. The lowest BCUT2D eigenvalue weighted by Crippen LogP contribution is -2.24. The Hall–Kier alpha value is -4.52. The molecule has 0 aliphatic heterocycles. The van der Waals surface area contributed by atoms with Gasteiger partial charge < -0.3 is 4.74 Å². The number of nitrogens with zero attached hydrogens (tertiary/aromatic N) is 2. The number of hydrogen-bond acceptors (Lipinski definition) is 5. The number of hydrazone groups is 1. The second kappa shape index (κ2) is 9.53. The van der Waals surface area contributed by atoms with Crippen molar-refractivity contribution in [2.45, 2.75) is 0 Å². The van der Waals surface area contributed by atoms with Crippen molar-refractivity contribution in [3.8, 4) is 17.0 Å². The Labute approximate surface area is 184 Å². The molecule has 1 aromatic heterocycles. The summed E-state index contributed by atoms with van der Waals surface area (Å²) in [6.07, 6.45) is 0. The zero-order valence-electron chi connectivity index (χ0n) is 17.3.